The fraction of sp³-hybridized carbons (Fsp3) is 0. The monoisotopic (exact) mass is 233 g/mol. The largest absolute Gasteiger partial charge is 0.307 e. The highest BCUT2D eigenvalue weighted by Gasteiger charge is 2.01. The van der Waals surface area contributed by atoms with E-state index in [0.717, 1.165) is 0 Å². The van der Waals surface area contributed by atoms with E-state index in [1.165, 1.54) is 12.1 Å². The van der Waals surface area contributed by atoms with Crippen molar-refractivity contribution in [2.45, 2.75) is 0 Å². The maximum absolute atomic E-state index is 13.1. The van der Waals surface area contributed by atoms with Crippen LogP contribution in [0.15, 0.2) is 42.6 Å². The quantitative estimate of drug-likeness (QED) is 0.587. The summed E-state index contributed by atoms with van der Waals surface area (Å²) in [6, 6.07) is 9.38. The molecule has 1 aromatic heterocycles. The summed E-state index contributed by atoms with van der Waals surface area (Å²) < 4.78 is 15.0. The molecule has 0 saturated heterocycles. The molecule has 80 valence electrons. The van der Waals surface area contributed by atoms with Crippen molar-refractivity contribution < 1.29 is 9.18 Å². The van der Waals surface area contributed by atoms with Crippen molar-refractivity contribution >= 4 is 18.5 Å². The fourth-order valence-electron chi connectivity index (χ4n) is 1.43. The molecule has 0 amide bonds. The van der Waals surface area contributed by atoms with E-state index in [0.29, 0.717) is 22.2 Å². The minimum atomic E-state index is -0.337. The summed E-state index contributed by atoms with van der Waals surface area (Å²) in [5.74, 6) is -0.337. The lowest BCUT2D eigenvalue weighted by Crippen LogP contribution is -1.99. The van der Waals surface area contributed by atoms with Crippen LogP contribution >= 0.6 is 12.2 Å². The molecule has 4 heteroatoms. The van der Waals surface area contributed by atoms with Gasteiger partial charge in [0.05, 0.1) is 0 Å². The predicted octanol–water partition coefficient (Wildman–Crippen LogP) is 3.16. The van der Waals surface area contributed by atoms with Crippen LogP contribution in [0.2, 0.25) is 0 Å². The second-order valence-electron chi connectivity index (χ2n) is 3.24. The van der Waals surface area contributed by atoms with Gasteiger partial charge < -0.3 is 4.57 Å². The Hall–Kier alpha value is -1.81. The third kappa shape index (κ3) is 1.92. The summed E-state index contributed by atoms with van der Waals surface area (Å²) in [4.78, 5) is 10.7. The zero-order chi connectivity index (χ0) is 11.5. The highest BCUT2D eigenvalue weighted by Crippen LogP contribution is 2.12. The summed E-state index contributed by atoms with van der Waals surface area (Å²) in [5.41, 5.74) is 1.02. The molecule has 0 atom stereocenters. The summed E-state index contributed by atoms with van der Waals surface area (Å²) in [5, 5.41) is 0. The van der Waals surface area contributed by atoms with E-state index >= 15 is 0 Å². The van der Waals surface area contributed by atoms with Crippen molar-refractivity contribution in [1.82, 2.24) is 4.57 Å². The maximum Gasteiger partial charge on any atom is 0.153 e. The number of aldehydes is 1. The van der Waals surface area contributed by atoms with Crippen molar-refractivity contribution in [2.24, 2.45) is 0 Å². The van der Waals surface area contributed by atoms with Gasteiger partial charge in [0.2, 0.25) is 0 Å². The first kappa shape index (κ1) is 10.7. The Morgan fingerprint density at radius 1 is 1.25 bits per heavy atom. The van der Waals surface area contributed by atoms with Gasteiger partial charge in [0.15, 0.2) is 6.29 Å². The Morgan fingerprint density at radius 2 is 2.06 bits per heavy atom. The second-order valence-corrected chi connectivity index (χ2v) is 3.62. The van der Waals surface area contributed by atoms with Gasteiger partial charge in [0.25, 0.3) is 0 Å². The van der Waals surface area contributed by atoms with Crippen molar-refractivity contribution in [3.05, 3.63) is 58.6 Å². The molecule has 2 rings (SSSR count). The molecular formula is C12H8FNOS. The van der Waals surface area contributed by atoms with Gasteiger partial charge in [-0.1, -0.05) is 18.3 Å². The van der Waals surface area contributed by atoms with Gasteiger partial charge in [-0.05, 0) is 30.3 Å². The number of hydrogen-bond acceptors (Lipinski definition) is 2. The number of aromatic nitrogens is 1. The lowest BCUT2D eigenvalue weighted by Gasteiger charge is -2.07. The molecule has 0 fully saturated rings. The molecule has 1 aromatic carbocycles. The predicted molar refractivity (Wildman–Crippen MR) is 61.9 cm³/mol. The molecule has 0 N–H and O–H groups in total. The summed E-state index contributed by atoms with van der Waals surface area (Å²) in [6.45, 7) is 0. The van der Waals surface area contributed by atoms with Crippen LogP contribution < -0.4 is 0 Å². The summed E-state index contributed by atoms with van der Waals surface area (Å²) in [6.07, 6.45) is 2.39. The average molecular weight is 233 g/mol. The standard InChI is InChI=1S/C12H8FNOS/c13-10-4-1-5-11(7-10)14-6-2-3-9(8-15)12(14)16/h1-8H. The topological polar surface area (TPSA) is 22.0 Å². The SMILES string of the molecule is O=Cc1cccn(-c2cccc(F)c2)c1=S. The van der Waals surface area contributed by atoms with Crippen LogP contribution in [-0.4, -0.2) is 10.9 Å². The zero-order valence-corrected chi connectivity index (χ0v) is 9.08. The minimum Gasteiger partial charge on any atom is -0.307 e. The number of nitrogens with zero attached hydrogens (tertiary/aromatic N) is 1. The Bertz CT molecular complexity index is 592. The Morgan fingerprint density at radius 3 is 2.75 bits per heavy atom. The molecule has 0 aliphatic rings. The van der Waals surface area contributed by atoms with Gasteiger partial charge in [0.1, 0.15) is 10.5 Å². The van der Waals surface area contributed by atoms with Crippen LogP contribution in [0.5, 0.6) is 0 Å². The molecule has 0 saturated carbocycles. The molecule has 16 heavy (non-hydrogen) atoms. The number of hydrogen-bond donors (Lipinski definition) is 0. The van der Waals surface area contributed by atoms with Gasteiger partial charge in [-0.15, -0.1) is 0 Å². The van der Waals surface area contributed by atoms with Gasteiger partial charge >= 0.3 is 0 Å². The van der Waals surface area contributed by atoms with E-state index in [4.69, 9.17) is 12.2 Å². The van der Waals surface area contributed by atoms with E-state index in [-0.39, 0.29) is 5.82 Å². The number of benzene rings is 1. The lowest BCUT2D eigenvalue weighted by molar-refractivity contribution is 0.112. The Kier molecular flexibility index (Phi) is 2.92. The van der Waals surface area contributed by atoms with E-state index in [9.17, 15) is 9.18 Å². The van der Waals surface area contributed by atoms with Gasteiger partial charge in [0, 0.05) is 17.4 Å². The van der Waals surface area contributed by atoms with Crippen LogP contribution in [0.25, 0.3) is 5.69 Å². The van der Waals surface area contributed by atoms with Gasteiger partial charge in [-0.25, -0.2) is 4.39 Å². The van der Waals surface area contributed by atoms with Crippen LogP contribution in [0.1, 0.15) is 10.4 Å². The molecule has 0 unspecified atom stereocenters. The van der Waals surface area contributed by atoms with Gasteiger partial charge in [-0.2, -0.15) is 0 Å². The third-order valence-electron chi connectivity index (χ3n) is 2.19. The zero-order valence-electron chi connectivity index (χ0n) is 8.26. The first-order chi connectivity index (χ1) is 7.72. The molecule has 0 radical (unpaired) electrons. The van der Waals surface area contributed by atoms with Crippen molar-refractivity contribution in [3.8, 4) is 5.69 Å². The average Bonchev–Trinajstić information content (AvgIpc) is 2.29. The highest BCUT2D eigenvalue weighted by molar-refractivity contribution is 7.71. The molecule has 1 heterocycles. The number of carbonyl (C=O) groups excluding carboxylic acids is 1. The summed E-state index contributed by atoms with van der Waals surface area (Å²) in [7, 11) is 0. The van der Waals surface area contributed by atoms with Crippen LogP contribution in [0.4, 0.5) is 4.39 Å². The van der Waals surface area contributed by atoms with E-state index in [1.54, 1.807) is 35.0 Å². The molecular weight excluding hydrogens is 225 g/mol. The normalized spacial score (nSPS) is 10.1. The highest BCUT2D eigenvalue weighted by atomic mass is 32.1. The molecule has 2 aromatic rings. The van der Waals surface area contributed by atoms with Crippen LogP contribution in [-0.2, 0) is 0 Å². The maximum atomic E-state index is 13.1. The molecule has 2 nitrogen and oxygen atoms in total. The van der Waals surface area contributed by atoms with Crippen molar-refractivity contribution in [3.63, 3.8) is 0 Å². The Labute approximate surface area is 97.0 Å². The summed E-state index contributed by atoms with van der Waals surface area (Å²) >= 11 is 5.13. The molecule has 0 aliphatic carbocycles. The van der Waals surface area contributed by atoms with E-state index in [1.807, 2.05) is 0 Å². The Balaban J connectivity index is 2.65. The number of halogens is 1. The smallest absolute Gasteiger partial charge is 0.153 e. The fourth-order valence-corrected chi connectivity index (χ4v) is 1.71. The van der Waals surface area contributed by atoms with E-state index < -0.39 is 0 Å². The van der Waals surface area contributed by atoms with E-state index in [2.05, 4.69) is 0 Å². The first-order valence-corrected chi connectivity index (χ1v) is 5.06. The number of carbonyl (C=O) groups is 1. The molecule has 0 bridgehead atoms. The van der Waals surface area contributed by atoms with Crippen molar-refractivity contribution in [1.29, 1.82) is 0 Å². The minimum absolute atomic E-state index is 0.337. The van der Waals surface area contributed by atoms with Gasteiger partial charge in [-0.3, -0.25) is 4.79 Å². The third-order valence-corrected chi connectivity index (χ3v) is 2.62. The lowest BCUT2D eigenvalue weighted by atomic mass is 10.2. The first-order valence-electron chi connectivity index (χ1n) is 4.65. The molecule has 0 spiro atoms. The molecule has 0 aliphatic heterocycles. The van der Waals surface area contributed by atoms with Crippen LogP contribution in [0, 0.1) is 10.5 Å². The number of pyridine rings is 1. The van der Waals surface area contributed by atoms with Crippen LogP contribution in [0.3, 0.4) is 0 Å². The second kappa shape index (κ2) is 4.37. The van der Waals surface area contributed by atoms with Crippen molar-refractivity contribution in [2.75, 3.05) is 0 Å². The number of rotatable bonds is 2.